The molecule has 42 heavy (non-hydrogen) atoms. The molecule has 3 aromatic heterocycles. The monoisotopic (exact) mass is 568 g/mol. The highest BCUT2D eigenvalue weighted by molar-refractivity contribution is 5.96. The minimum Gasteiger partial charge on any atom is -0.373 e. The van der Waals surface area contributed by atoms with Gasteiger partial charge in [0.05, 0.1) is 0 Å². The molecule has 0 saturated heterocycles. The number of nitrogens with one attached hydrogen (secondary N) is 2. The van der Waals surface area contributed by atoms with Gasteiger partial charge in [0.15, 0.2) is 34.6 Å². The molecule has 8 bridgehead atoms. The smallest absolute Gasteiger partial charge is 0.160 e. The SMILES string of the molecule is CCC1=C(CC)c2nc1nc1nc(nc3[nH]c(nc4[nH]c(n2)c(CC)c4CC)c(N(C)C)c3N(C)C)C(CC)=C1CC. The summed E-state index contributed by atoms with van der Waals surface area (Å²) in [5.74, 6) is 2.82. The van der Waals surface area contributed by atoms with E-state index in [-0.39, 0.29) is 0 Å². The average molecular weight is 569 g/mol. The summed E-state index contributed by atoms with van der Waals surface area (Å²) in [5, 5.41) is 0. The summed E-state index contributed by atoms with van der Waals surface area (Å²) < 4.78 is 0. The Morgan fingerprint density at radius 1 is 0.405 bits per heavy atom. The predicted octanol–water partition coefficient (Wildman–Crippen LogP) is 6.61. The van der Waals surface area contributed by atoms with Crippen molar-refractivity contribution in [2.24, 2.45) is 0 Å². The van der Waals surface area contributed by atoms with E-state index < -0.39 is 0 Å². The number of fused-ring (bicyclic) bond motifs is 8. The zero-order chi connectivity index (χ0) is 30.3. The maximum Gasteiger partial charge on any atom is 0.160 e. The van der Waals surface area contributed by atoms with E-state index in [9.17, 15) is 0 Å². The van der Waals surface area contributed by atoms with Crippen molar-refractivity contribution >= 4 is 56.3 Å². The molecule has 0 atom stereocenters. The lowest BCUT2D eigenvalue weighted by Crippen LogP contribution is -2.15. The van der Waals surface area contributed by atoms with Crippen LogP contribution in [0.2, 0.25) is 0 Å². The third kappa shape index (κ3) is 4.76. The number of aryl methyl sites for hydroxylation is 2. The molecule has 3 aromatic rings. The second-order valence-electron chi connectivity index (χ2n) is 11.1. The van der Waals surface area contributed by atoms with Gasteiger partial charge in [-0.25, -0.2) is 29.9 Å². The fraction of sp³-hybridized carbons (Fsp3) is 0.500. The van der Waals surface area contributed by atoms with Gasteiger partial charge in [-0.05, 0) is 38.5 Å². The van der Waals surface area contributed by atoms with Crippen LogP contribution in [0.4, 0.5) is 11.4 Å². The Kier molecular flexibility index (Phi) is 8.17. The summed E-state index contributed by atoms with van der Waals surface area (Å²) >= 11 is 0. The third-order valence-electron chi connectivity index (χ3n) is 8.20. The Bertz CT molecular complexity index is 1750. The van der Waals surface area contributed by atoms with Crippen molar-refractivity contribution in [2.45, 2.75) is 80.1 Å². The molecule has 5 heterocycles. The molecule has 0 aliphatic carbocycles. The molecule has 10 heteroatoms. The van der Waals surface area contributed by atoms with Crippen molar-refractivity contribution in [2.75, 3.05) is 38.0 Å². The summed E-state index contributed by atoms with van der Waals surface area (Å²) in [4.78, 5) is 42.0. The maximum absolute atomic E-state index is 5.21. The van der Waals surface area contributed by atoms with Crippen molar-refractivity contribution in [1.29, 1.82) is 0 Å². The minimum atomic E-state index is 0.691. The van der Waals surface area contributed by atoms with Crippen LogP contribution in [0.3, 0.4) is 0 Å². The van der Waals surface area contributed by atoms with Gasteiger partial charge in [0.25, 0.3) is 0 Å². The first-order valence-corrected chi connectivity index (χ1v) is 15.3. The van der Waals surface area contributed by atoms with Crippen LogP contribution < -0.4 is 9.80 Å². The van der Waals surface area contributed by atoms with Crippen LogP contribution in [0.1, 0.15) is 102 Å². The number of hydrogen-bond donors (Lipinski definition) is 2. The van der Waals surface area contributed by atoms with E-state index in [1.165, 1.54) is 5.56 Å². The van der Waals surface area contributed by atoms with Crippen LogP contribution in [-0.2, 0) is 12.8 Å². The van der Waals surface area contributed by atoms with Crippen LogP contribution in [0.25, 0.3) is 44.9 Å². The van der Waals surface area contributed by atoms with Gasteiger partial charge in [-0.1, -0.05) is 41.5 Å². The van der Waals surface area contributed by atoms with Crippen molar-refractivity contribution in [1.82, 2.24) is 39.9 Å². The molecule has 2 aliphatic heterocycles. The van der Waals surface area contributed by atoms with Crippen molar-refractivity contribution in [3.05, 3.63) is 34.4 Å². The summed E-state index contributed by atoms with van der Waals surface area (Å²) in [7, 11) is 8.14. The predicted molar refractivity (Wildman–Crippen MR) is 174 cm³/mol. The summed E-state index contributed by atoms with van der Waals surface area (Å²) in [6, 6.07) is 0. The minimum absolute atomic E-state index is 0.691. The molecule has 0 amide bonds. The van der Waals surface area contributed by atoms with E-state index in [1.807, 2.05) is 28.2 Å². The second-order valence-corrected chi connectivity index (χ2v) is 11.1. The molecule has 0 spiro atoms. The Hall–Kier alpha value is -4.08. The topological polar surface area (TPSA) is 115 Å². The zero-order valence-corrected chi connectivity index (χ0v) is 26.8. The lowest BCUT2D eigenvalue weighted by atomic mass is 10.0. The first-order chi connectivity index (χ1) is 20.2. The molecule has 10 nitrogen and oxygen atoms in total. The molecule has 2 N–H and O–H groups in total. The normalized spacial score (nSPS) is 13.4. The second kappa shape index (κ2) is 11.7. The number of aromatic nitrogens is 8. The van der Waals surface area contributed by atoms with Gasteiger partial charge < -0.3 is 19.8 Å². The number of hydrogen-bond acceptors (Lipinski definition) is 8. The van der Waals surface area contributed by atoms with Gasteiger partial charge in [0.1, 0.15) is 22.7 Å². The quantitative estimate of drug-likeness (QED) is 0.312. The highest BCUT2D eigenvalue weighted by atomic mass is 15.2. The van der Waals surface area contributed by atoms with Gasteiger partial charge in [-0.3, -0.25) is 0 Å². The number of aromatic amines is 2. The highest BCUT2D eigenvalue weighted by Gasteiger charge is 2.26. The Morgan fingerprint density at radius 2 is 0.714 bits per heavy atom. The van der Waals surface area contributed by atoms with E-state index in [0.29, 0.717) is 17.5 Å². The molecule has 2 aliphatic rings. The zero-order valence-electron chi connectivity index (χ0n) is 26.8. The highest BCUT2D eigenvalue weighted by Crippen LogP contribution is 2.38. The van der Waals surface area contributed by atoms with E-state index in [1.54, 1.807) is 0 Å². The molecule has 0 aromatic carbocycles. The van der Waals surface area contributed by atoms with Crippen LogP contribution in [0.15, 0.2) is 0 Å². The number of allylic oxidation sites excluding steroid dienone is 4. The number of nitrogens with zero attached hydrogens (tertiary/aromatic N) is 8. The number of rotatable bonds is 8. The first-order valence-electron chi connectivity index (χ1n) is 15.3. The van der Waals surface area contributed by atoms with Gasteiger partial charge in [0, 0.05) is 61.6 Å². The molecule has 222 valence electrons. The van der Waals surface area contributed by atoms with Gasteiger partial charge >= 0.3 is 0 Å². The molecular formula is C32H44N10. The van der Waals surface area contributed by atoms with Crippen molar-refractivity contribution < 1.29 is 0 Å². The molecule has 0 saturated carbocycles. The number of anilines is 2. The molecule has 0 unspecified atom stereocenters. The molecular weight excluding hydrogens is 524 g/mol. The van der Waals surface area contributed by atoms with Crippen molar-refractivity contribution in [3.63, 3.8) is 0 Å². The van der Waals surface area contributed by atoms with E-state index in [0.717, 1.165) is 106 Å². The van der Waals surface area contributed by atoms with Gasteiger partial charge in [-0.2, -0.15) is 0 Å². The third-order valence-corrected chi connectivity index (χ3v) is 8.20. The maximum atomic E-state index is 5.21. The summed E-state index contributed by atoms with van der Waals surface area (Å²) in [6.45, 7) is 13.0. The van der Waals surface area contributed by atoms with Crippen LogP contribution in [0, 0.1) is 0 Å². The first kappa shape index (κ1) is 29.4. The lowest BCUT2D eigenvalue weighted by molar-refractivity contribution is 1.02. The standard InChI is InChI=1S/C32H44N10/c1-11-17-18(12-2)26-33-25(17)34-27-19(13-3)21(15-5)29(36-27)38-31-23(41(7)8)24(42(9)10)32(40-31)39-30-22(16-6)20(14-4)28(35-26)37-30/h11-16H2,1-10H3,(H2,33,34,35,36,37,38,39,40). The Morgan fingerprint density at radius 3 is 1.07 bits per heavy atom. The molecule has 5 rings (SSSR count). The van der Waals surface area contributed by atoms with E-state index in [4.69, 9.17) is 29.9 Å². The van der Waals surface area contributed by atoms with Crippen LogP contribution in [-0.4, -0.2) is 68.1 Å². The van der Waals surface area contributed by atoms with E-state index >= 15 is 0 Å². The fourth-order valence-corrected chi connectivity index (χ4v) is 6.26. The molecule has 0 fully saturated rings. The average Bonchev–Trinajstić information content (AvgIpc) is 3.68. The summed E-state index contributed by atoms with van der Waals surface area (Å²) in [5.41, 5.74) is 11.8. The van der Waals surface area contributed by atoms with Gasteiger partial charge in [0.2, 0.25) is 0 Å². The summed E-state index contributed by atoms with van der Waals surface area (Å²) in [6.07, 6.45) is 4.93. The lowest BCUT2D eigenvalue weighted by Gasteiger charge is -2.18. The molecule has 0 radical (unpaired) electrons. The van der Waals surface area contributed by atoms with Crippen molar-refractivity contribution in [3.8, 4) is 0 Å². The van der Waals surface area contributed by atoms with Gasteiger partial charge in [-0.15, -0.1) is 0 Å². The Balaban J connectivity index is 2.06. The van der Waals surface area contributed by atoms with Crippen LogP contribution in [0.5, 0.6) is 0 Å². The largest absolute Gasteiger partial charge is 0.373 e. The fourth-order valence-electron chi connectivity index (χ4n) is 6.26. The Labute approximate surface area is 248 Å². The van der Waals surface area contributed by atoms with Crippen LogP contribution >= 0.6 is 0 Å². The van der Waals surface area contributed by atoms with E-state index in [2.05, 4.69) is 61.3 Å². The number of H-pyrrole nitrogens is 2.